The van der Waals surface area contributed by atoms with Crippen LogP contribution in [0.3, 0.4) is 0 Å². The van der Waals surface area contributed by atoms with E-state index in [-0.39, 0.29) is 6.04 Å². The van der Waals surface area contributed by atoms with Crippen molar-refractivity contribution in [2.24, 2.45) is 7.05 Å². The first-order chi connectivity index (χ1) is 14.2. The normalized spacial score (nSPS) is 12.9. The summed E-state index contributed by atoms with van der Waals surface area (Å²) in [5.74, 6) is 0. The fraction of sp³-hybridized carbons (Fsp3) is 0.250. The molecule has 0 bridgehead atoms. The van der Waals surface area contributed by atoms with E-state index in [1.165, 1.54) is 0 Å². The molecule has 4 aromatic rings. The van der Waals surface area contributed by atoms with Gasteiger partial charge in [0.05, 0.1) is 46.1 Å². The molecular weight excluding hydrogens is 396 g/mol. The summed E-state index contributed by atoms with van der Waals surface area (Å²) in [7, 11) is 1.97. The van der Waals surface area contributed by atoms with E-state index in [1.807, 2.05) is 48.1 Å². The largest absolute Gasteiger partial charge is 0.386 e. The number of fused-ring (bicyclic) bond motifs is 1. The van der Waals surface area contributed by atoms with Crippen molar-refractivity contribution in [2.45, 2.75) is 32.4 Å². The number of aromatic nitrogens is 3. The quantitative estimate of drug-likeness (QED) is 0.435. The molecule has 0 aliphatic rings. The zero-order chi connectivity index (χ0) is 21.5. The molecule has 2 aromatic carbocycles. The predicted octanol–water partition coefficient (Wildman–Crippen LogP) is 5.69. The van der Waals surface area contributed by atoms with Gasteiger partial charge < -0.3 is 15.0 Å². The molecular formula is C24H25ClN4O. The van der Waals surface area contributed by atoms with Crippen LogP contribution in [-0.4, -0.2) is 19.6 Å². The van der Waals surface area contributed by atoms with Crippen LogP contribution in [0.5, 0.6) is 0 Å². The SMILES string of the molecule is CC(Nc1c(Cl)cnc2ccc(-c3ccc(C(C)(C)O)cc3)cc12)c1cncn1C. The van der Waals surface area contributed by atoms with Crippen LogP contribution < -0.4 is 5.32 Å². The Balaban J connectivity index is 1.75. The van der Waals surface area contributed by atoms with Gasteiger partial charge in [-0.15, -0.1) is 0 Å². The van der Waals surface area contributed by atoms with Crippen molar-refractivity contribution in [2.75, 3.05) is 5.32 Å². The number of halogens is 1. The Kier molecular flexibility index (Phi) is 5.26. The van der Waals surface area contributed by atoms with Gasteiger partial charge in [0.15, 0.2) is 0 Å². The van der Waals surface area contributed by atoms with E-state index < -0.39 is 5.60 Å². The summed E-state index contributed by atoms with van der Waals surface area (Å²) in [6, 6.07) is 14.1. The van der Waals surface area contributed by atoms with Crippen molar-refractivity contribution in [1.82, 2.24) is 14.5 Å². The fourth-order valence-corrected chi connectivity index (χ4v) is 3.85. The highest BCUT2D eigenvalue weighted by atomic mass is 35.5. The number of pyridine rings is 1. The molecule has 30 heavy (non-hydrogen) atoms. The summed E-state index contributed by atoms with van der Waals surface area (Å²) in [5, 5.41) is 15.3. The molecule has 2 aromatic heterocycles. The Morgan fingerprint density at radius 3 is 2.40 bits per heavy atom. The molecule has 1 atom stereocenters. The molecule has 0 aliphatic carbocycles. The van der Waals surface area contributed by atoms with E-state index in [0.29, 0.717) is 5.02 Å². The van der Waals surface area contributed by atoms with E-state index >= 15 is 0 Å². The lowest BCUT2D eigenvalue weighted by atomic mass is 9.95. The minimum atomic E-state index is -0.863. The second-order valence-corrected chi connectivity index (χ2v) is 8.55. The van der Waals surface area contributed by atoms with Gasteiger partial charge in [-0.25, -0.2) is 4.98 Å². The zero-order valence-corrected chi connectivity index (χ0v) is 18.3. The predicted molar refractivity (Wildman–Crippen MR) is 123 cm³/mol. The van der Waals surface area contributed by atoms with Gasteiger partial charge in [-0.3, -0.25) is 4.98 Å². The van der Waals surface area contributed by atoms with Crippen LogP contribution in [0.25, 0.3) is 22.0 Å². The number of anilines is 1. The number of imidazole rings is 1. The number of hydrogen-bond acceptors (Lipinski definition) is 4. The Bertz CT molecular complexity index is 1190. The maximum Gasteiger partial charge on any atom is 0.0946 e. The van der Waals surface area contributed by atoms with Gasteiger partial charge in [-0.1, -0.05) is 41.9 Å². The van der Waals surface area contributed by atoms with Gasteiger partial charge >= 0.3 is 0 Å². The monoisotopic (exact) mass is 420 g/mol. The second-order valence-electron chi connectivity index (χ2n) is 8.14. The van der Waals surface area contributed by atoms with Crippen LogP contribution in [-0.2, 0) is 12.6 Å². The van der Waals surface area contributed by atoms with Crippen molar-refractivity contribution in [3.63, 3.8) is 0 Å². The summed E-state index contributed by atoms with van der Waals surface area (Å²) in [5.41, 5.74) is 4.93. The molecule has 2 N–H and O–H groups in total. The van der Waals surface area contributed by atoms with Crippen molar-refractivity contribution >= 4 is 28.2 Å². The zero-order valence-electron chi connectivity index (χ0n) is 17.5. The van der Waals surface area contributed by atoms with Crippen molar-refractivity contribution in [3.8, 4) is 11.1 Å². The number of hydrogen-bond donors (Lipinski definition) is 2. The first kappa shape index (κ1) is 20.4. The van der Waals surface area contributed by atoms with Gasteiger partial charge in [-0.05, 0) is 49.6 Å². The molecule has 0 amide bonds. The lowest BCUT2D eigenvalue weighted by molar-refractivity contribution is 0.0786. The van der Waals surface area contributed by atoms with E-state index in [0.717, 1.165) is 39.0 Å². The molecule has 0 saturated carbocycles. The molecule has 0 aliphatic heterocycles. The molecule has 0 radical (unpaired) electrons. The van der Waals surface area contributed by atoms with Crippen molar-refractivity contribution in [3.05, 3.63) is 77.5 Å². The smallest absolute Gasteiger partial charge is 0.0946 e. The standard InChI is InChI=1S/C24H25ClN4O/c1-15(22-13-26-14-29(22)4)28-23-19-11-17(7-10-21(19)27-12-20(23)25)16-5-8-18(9-6-16)24(2,3)30/h5-15,30H,1-4H3,(H,27,28). The van der Waals surface area contributed by atoms with Crippen LogP contribution in [0.1, 0.15) is 38.1 Å². The van der Waals surface area contributed by atoms with Crippen molar-refractivity contribution in [1.29, 1.82) is 0 Å². The number of nitrogens with one attached hydrogen (secondary N) is 1. The number of aliphatic hydroxyl groups is 1. The summed E-state index contributed by atoms with van der Waals surface area (Å²) in [6.45, 7) is 5.65. The summed E-state index contributed by atoms with van der Waals surface area (Å²) < 4.78 is 1.99. The van der Waals surface area contributed by atoms with Gasteiger partial charge in [0.25, 0.3) is 0 Å². The van der Waals surface area contributed by atoms with Gasteiger partial charge in [0.1, 0.15) is 0 Å². The lowest BCUT2D eigenvalue weighted by Crippen LogP contribution is -2.14. The number of aryl methyl sites for hydroxylation is 1. The molecule has 2 heterocycles. The Hall–Kier alpha value is -2.89. The highest BCUT2D eigenvalue weighted by Crippen LogP contribution is 2.35. The second kappa shape index (κ2) is 7.74. The number of benzene rings is 2. The highest BCUT2D eigenvalue weighted by molar-refractivity contribution is 6.34. The van der Waals surface area contributed by atoms with Gasteiger partial charge in [0, 0.05) is 18.6 Å². The molecule has 0 saturated heterocycles. The lowest BCUT2D eigenvalue weighted by Gasteiger charge is -2.19. The minimum absolute atomic E-state index is 0.0234. The van der Waals surface area contributed by atoms with Gasteiger partial charge in [-0.2, -0.15) is 0 Å². The first-order valence-electron chi connectivity index (χ1n) is 9.88. The summed E-state index contributed by atoms with van der Waals surface area (Å²) >= 11 is 6.54. The van der Waals surface area contributed by atoms with Crippen LogP contribution in [0.4, 0.5) is 5.69 Å². The fourth-order valence-electron chi connectivity index (χ4n) is 3.64. The number of nitrogens with zero attached hydrogens (tertiary/aromatic N) is 3. The molecule has 6 heteroatoms. The topological polar surface area (TPSA) is 63.0 Å². The Morgan fingerprint density at radius 1 is 1.07 bits per heavy atom. The van der Waals surface area contributed by atoms with Crippen LogP contribution in [0.15, 0.2) is 61.2 Å². The Morgan fingerprint density at radius 2 is 1.77 bits per heavy atom. The van der Waals surface area contributed by atoms with E-state index in [4.69, 9.17) is 11.6 Å². The average molecular weight is 421 g/mol. The molecule has 5 nitrogen and oxygen atoms in total. The van der Waals surface area contributed by atoms with E-state index in [2.05, 4.69) is 34.3 Å². The van der Waals surface area contributed by atoms with E-state index in [1.54, 1.807) is 26.4 Å². The van der Waals surface area contributed by atoms with Crippen LogP contribution in [0, 0.1) is 0 Å². The summed E-state index contributed by atoms with van der Waals surface area (Å²) in [6.07, 6.45) is 5.32. The third-order valence-electron chi connectivity index (χ3n) is 5.40. The number of rotatable bonds is 5. The first-order valence-corrected chi connectivity index (χ1v) is 10.3. The molecule has 154 valence electrons. The minimum Gasteiger partial charge on any atom is -0.386 e. The van der Waals surface area contributed by atoms with E-state index in [9.17, 15) is 5.11 Å². The highest BCUT2D eigenvalue weighted by Gasteiger charge is 2.17. The van der Waals surface area contributed by atoms with Gasteiger partial charge in [0.2, 0.25) is 0 Å². The van der Waals surface area contributed by atoms with Crippen LogP contribution >= 0.6 is 11.6 Å². The maximum atomic E-state index is 10.2. The maximum absolute atomic E-state index is 10.2. The summed E-state index contributed by atoms with van der Waals surface area (Å²) in [4.78, 5) is 8.69. The average Bonchev–Trinajstić information content (AvgIpc) is 3.15. The molecule has 0 spiro atoms. The third kappa shape index (κ3) is 3.91. The van der Waals surface area contributed by atoms with Crippen molar-refractivity contribution < 1.29 is 5.11 Å². The molecule has 1 unspecified atom stereocenters. The molecule has 0 fully saturated rings. The molecule has 4 rings (SSSR count). The Labute approximate surface area is 181 Å². The third-order valence-corrected chi connectivity index (χ3v) is 5.69. The van der Waals surface area contributed by atoms with Crippen LogP contribution in [0.2, 0.25) is 5.02 Å².